The number of nitrogens with zero attached hydrogens (tertiary/aromatic N) is 2. The maximum atomic E-state index is 12.0. The van der Waals surface area contributed by atoms with Crippen LogP contribution in [0, 0.1) is 0 Å². The molecule has 2 heterocycles. The van der Waals surface area contributed by atoms with E-state index in [0.717, 1.165) is 6.42 Å². The third kappa shape index (κ3) is 5.26. The van der Waals surface area contributed by atoms with Gasteiger partial charge in [-0.1, -0.05) is 12.1 Å². The topological polar surface area (TPSA) is 102 Å². The number of benzene rings is 1. The van der Waals surface area contributed by atoms with Crippen LogP contribution >= 0.6 is 0 Å². The van der Waals surface area contributed by atoms with Gasteiger partial charge in [0.25, 0.3) is 0 Å². The molecule has 2 aromatic rings. The Morgan fingerprint density at radius 2 is 2.07 bits per heavy atom. The van der Waals surface area contributed by atoms with Crippen molar-refractivity contribution in [2.24, 2.45) is 0 Å². The summed E-state index contributed by atoms with van der Waals surface area (Å²) in [6.07, 6.45) is 1.95. The molecule has 1 aliphatic heterocycles. The second kappa shape index (κ2) is 9.45. The Bertz CT molecular complexity index is 812. The fraction of sp³-hybridized carbons (Fsp3) is 0.316. The molecule has 0 radical (unpaired) electrons. The van der Waals surface area contributed by atoms with Crippen molar-refractivity contribution in [3.8, 4) is 17.4 Å². The van der Waals surface area contributed by atoms with Crippen LogP contribution in [0.3, 0.4) is 0 Å². The van der Waals surface area contributed by atoms with Crippen molar-refractivity contribution in [1.82, 2.24) is 15.2 Å². The molecule has 28 heavy (non-hydrogen) atoms. The Labute approximate surface area is 162 Å². The first-order valence-electron chi connectivity index (χ1n) is 8.89. The molecule has 2 N–H and O–H groups in total. The smallest absolute Gasteiger partial charge is 0.409 e. The number of para-hydroxylation sites is 2. The minimum Gasteiger partial charge on any atom is -0.493 e. The van der Waals surface area contributed by atoms with Gasteiger partial charge in [0.05, 0.1) is 25.6 Å². The van der Waals surface area contributed by atoms with E-state index in [9.17, 15) is 9.59 Å². The molecule has 1 saturated heterocycles. The van der Waals surface area contributed by atoms with E-state index in [1.807, 2.05) is 12.1 Å². The van der Waals surface area contributed by atoms with Gasteiger partial charge in [0.15, 0.2) is 11.5 Å². The Hall–Kier alpha value is -3.49. The Balaban J connectivity index is 1.45. The van der Waals surface area contributed by atoms with Crippen LogP contribution in [-0.4, -0.2) is 55.4 Å². The maximum absolute atomic E-state index is 12.0. The Kier molecular flexibility index (Phi) is 6.50. The van der Waals surface area contributed by atoms with Crippen LogP contribution in [0.4, 0.5) is 15.3 Å². The van der Waals surface area contributed by atoms with Crippen LogP contribution in [0.1, 0.15) is 6.42 Å². The van der Waals surface area contributed by atoms with E-state index >= 15 is 0 Å². The van der Waals surface area contributed by atoms with Crippen LogP contribution in [-0.2, 0) is 4.74 Å². The molecule has 1 aromatic carbocycles. The number of nitrogens with one attached hydrogen (secondary N) is 2. The van der Waals surface area contributed by atoms with Gasteiger partial charge in [-0.05, 0) is 24.6 Å². The lowest BCUT2D eigenvalue weighted by atomic mass is 10.3. The van der Waals surface area contributed by atoms with Gasteiger partial charge in [0.2, 0.25) is 5.88 Å². The summed E-state index contributed by atoms with van der Waals surface area (Å²) in [5.74, 6) is 1.52. The molecule has 0 bridgehead atoms. The van der Waals surface area contributed by atoms with Gasteiger partial charge in [-0.2, -0.15) is 0 Å². The van der Waals surface area contributed by atoms with Gasteiger partial charge in [-0.15, -0.1) is 0 Å². The lowest BCUT2D eigenvalue weighted by molar-refractivity contribution is 0.0736. The Morgan fingerprint density at radius 1 is 1.25 bits per heavy atom. The molecule has 0 saturated carbocycles. The molecular formula is C19H22N4O5. The number of pyridine rings is 1. The van der Waals surface area contributed by atoms with Crippen LogP contribution < -0.4 is 20.1 Å². The molecule has 148 valence electrons. The van der Waals surface area contributed by atoms with E-state index in [-0.39, 0.29) is 12.1 Å². The number of aromatic nitrogens is 1. The zero-order valence-corrected chi connectivity index (χ0v) is 15.5. The quantitative estimate of drug-likeness (QED) is 0.759. The third-order valence-electron chi connectivity index (χ3n) is 4.00. The van der Waals surface area contributed by atoms with Crippen molar-refractivity contribution in [2.75, 3.05) is 38.7 Å². The molecular weight excluding hydrogens is 364 g/mol. The standard InChI is InChI=1S/C19H22N4O5/c1-26-15-5-2-3-6-16(15)28-17-8-7-14(13-21-17)22-18(24)20-9-11-23-10-4-12-27-19(23)25/h2-3,5-8,13H,4,9-12H2,1H3,(H2,20,22,24). The van der Waals surface area contributed by atoms with Gasteiger partial charge >= 0.3 is 12.1 Å². The van der Waals surface area contributed by atoms with Gasteiger partial charge in [-0.25, -0.2) is 14.6 Å². The van der Waals surface area contributed by atoms with E-state index in [2.05, 4.69) is 15.6 Å². The number of hydrogen-bond acceptors (Lipinski definition) is 6. The number of hydrogen-bond donors (Lipinski definition) is 2. The number of rotatable bonds is 7. The van der Waals surface area contributed by atoms with Crippen molar-refractivity contribution in [2.45, 2.75) is 6.42 Å². The lowest BCUT2D eigenvalue weighted by Gasteiger charge is -2.26. The average Bonchev–Trinajstić information content (AvgIpc) is 2.71. The molecule has 9 nitrogen and oxygen atoms in total. The summed E-state index contributed by atoms with van der Waals surface area (Å²) >= 11 is 0. The third-order valence-corrected chi connectivity index (χ3v) is 4.00. The molecule has 3 rings (SSSR count). The molecule has 1 aliphatic rings. The number of carbonyl (C=O) groups is 2. The van der Waals surface area contributed by atoms with Gasteiger partial charge in [-0.3, -0.25) is 0 Å². The van der Waals surface area contributed by atoms with Crippen LogP contribution in [0.5, 0.6) is 17.4 Å². The van der Waals surface area contributed by atoms with Crippen LogP contribution in [0.15, 0.2) is 42.6 Å². The second-order valence-electron chi connectivity index (χ2n) is 5.97. The molecule has 9 heteroatoms. The number of urea groups is 1. The number of amides is 3. The van der Waals surface area contributed by atoms with Crippen molar-refractivity contribution >= 4 is 17.8 Å². The molecule has 0 unspecified atom stereocenters. The van der Waals surface area contributed by atoms with Gasteiger partial charge in [0.1, 0.15) is 0 Å². The summed E-state index contributed by atoms with van der Waals surface area (Å²) in [5.41, 5.74) is 0.516. The first-order chi connectivity index (χ1) is 13.7. The lowest BCUT2D eigenvalue weighted by Crippen LogP contribution is -2.43. The number of cyclic esters (lactones) is 1. The van der Waals surface area contributed by atoms with E-state index in [4.69, 9.17) is 14.2 Å². The van der Waals surface area contributed by atoms with Crippen molar-refractivity contribution in [1.29, 1.82) is 0 Å². The Morgan fingerprint density at radius 3 is 2.79 bits per heavy atom. The highest BCUT2D eigenvalue weighted by Crippen LogP contribution is 2.30. The monoisotopic (exact) mass is 386 g/mol. The minimum atomic E-state index is -0.384. The molecule has 3 amide bonds. The molecule has 1 fully saturated rings. The highest BCUT2D eigenvalue weighted by molar-refractivity contribution is 5.89. The first kappa shape index (κ1) is 19.3. The number of methoxy groups -OCH3 is 1. The molecule has 1 aromatic heterocycles. The van der Waals surface area contributed by atoms with E-state index < -0.39 is 0 Å². The predicted molar refractivity (Wildman–Crippen MR) is 102 cm³/mol. The highest BCUT2D eigenvalue weighted by Gasteiger charge is 2.18. The summed E-state index contributed by atoms with van der Waals surface area (Å²) in [5, 5.41) is 5.37. The normalized spacial score (nSPS) is 13.5. The number of ether oxygens (including phenoxy) is 3. The summed E-state index contributed by atoms with van der Waals surface area (Å²) in [7, 11) is 1.56. The van der Waals surface area contributed by atoms with Crippen molar-refractivity contribution in [3.63, 3.8) is 0 Å². The van der Waals surface area contributed by atoms with E-state index in [0.29, 0.717) is 49.3 Å². The molecule has 0 aliphatic carbocycles. The second-order valence-corrected chi connectivity index (χ2v) is 5.97. The zero-order valence-electron chi connectivity index (χ0n) is 15.5. The number of anilines is 1. The maximum Gasteiger partial charge on any atom is 0.409 e. The number of carbonyl (C=O) groups excluding carboxylic acids is 2. The largest absolute Gasteiger partial charge is 0.493 e. The SMILES string of the molecule is COc1ccccc1Oc1ccc(NC(=O)NCCN2CCCOC2=O)cn1. The van der Waals surface area contributed by atoms with E-state index in [1.165, 1.54) is 6.20 Å². The molecule has 0 spiro atoms. The summed E-state index contributed by atoms with van der Waals surface area (Å²) < 4.78 is 15.9. The minimum absolute atomic E-state index is 0.323. The fourth-order valence-electron chi connectivity index (χ4n) is 2.61. The zero-order chi connectivity index (χ0) is 19.8. The van der Waals surface area contributed by atoms with Crippen LogP contribution in [0.2, 0.25) is 0 Å². The first-order valence-corrected chi connectivity index (χ1v) is 8.89. The van der Waals surface area contributed by atoms with Gasteiger partial charge < -0.3 is 29.7 Å². The highest BCUT2D eigenvalue weighted by atomic mass is 16.6. The molecule has 0 atom stereocenters. The average molecular weight is 386 g/mol. The predicted octanol–water partition coefficient (Wildman–Crippen LogP) is 2.85. The summed E-state index contributed by atoms with van der Waals surface area (Å²) in [4.78, 5) is 29.2. The van der Waals surface area contributed by atoms with Crippen molar-refractivity contribution in [3.05, 3.63) is 42.6 Å². The fourth-order valence-corrected chi connectivity index (χ4v) is 2.61. The summed E-state index contributed by atoms with van der Waals surface area (Å²) in [6, 6.07) is 10.2. The van der Waals surface area contributed by atoms with Gasteiger partial charge in [0, 0.05) is 25.7 Å². The van der Waals surface area contributed by atoms with Crippen molar-refractivity contribution < 1.29 is 23.8 Å². The van der Waals surface area contributed by atoms with Crippen LogP contribution in [0.25, 0.3) is 0 Å². The van der Waals surface area contributed by atoms with E-state index in [1.54, 1.807) is 36.3 Å². The summed E-state index contributed by atoms with van der Waals surface area (Å²) in [6.45, 7) is 1.81.